The number of hydrogen-bond donors (Lipinski definition) is 3. The maximum atomic E-state index is 10.6. The van der Waals surface area contributed by atoms with Crippen molar-refractivity contribution < 1.29 is 14.4 Å². The number of hydrogen-bond acceptors (Lipinski definition) is 6. The van der Waals surface area contributed by atoms with Gasteiger partial charge in [0.15, 0.2) is 5.96 Å². The highest BCUT2D eigenvalue weighted by molar-refractivity contribution is 5.79. The number of aliphatic imine (C=N–C) groups is 1. The summed E-state index contributed by atoms with van der Waals surface area (Å²) < 4.78 is 11.1. The van der Waals surface area contributed by atoms with E-state index in [-0.39, 0.29) is 5.69 Å². The summed E-state index contributed by atoms with van der Waals surface area (Å²) in [7, 11) is 1.74. The Bertz CT molecular complexity index is 603. The van der Waals surface area contributed by atoms with Gasteiger partial charge in [-0.25, -0.2) is 0 Å². The second-order valence-corrected chi connectivity index (χ2v) is 6.64. The summed E-state index contributed by atoms with van der Waals surface area (Å²) in [5, 5.41) is 20.3. The molecule has 1 aromatic rings. The summed E-state index contributed by atoms with van der Waals surface area (Å²) in [6.07, 6.45) is 3.12. The fourth-order valence-corrected chi connectivity index (χ4v) is 2.85. The van der Waals surface area contributed by atoms with E-state index in [1.165, 1.54) is 12.1 Å². The Labute approximate surface area is 166 Å². The van der Waals surface area contributed by atoms with Crippen LogP contribution in [0, 0.1) is 16.0 Å². The summed E-state index contributed by atoms with van der Waals surface area (Å²) in [6, 6.07) is 6.37. The Kier molecular flexibility index (Phi) is 10.1. The molecule has 1 aliphatic rings. The lowest BCUT2D eigenvalue weighted by atomic mass is 10.0. The number of guanidine groups is 1. The Balaban J connectivity index is 1.49. The third-order valence-corrected chi connectivity index (χ3v) is 4.50. The second-order valence-electron chi connectivity index (χ2n) is 6.64. The van der Waals surface area contributed by atoms with E-state index in [0.29, 0.717) is 19.0 Å². The molecule has 2 rings (SSSR count). The molecule has 0 unspecified atom stereocenters. The number of nitrogens with zero attached hydrogens (tertiary/aromatic N) is 2. The SMILES string of the molecule is CN=C(NCCCOCC1CCOCC1)NCCNc1ccc([N+](=O)[O-])cc1. The summed E-state index contributed by atoms with van der Waals surface area (Å²) in [5.41, 5.74) is 0.932. The van der Waals surface area contributed by atoms with Gasteiger partial charge in [0.1, 0.15) is 0 Å². The number of benzene rings is 1. The quantitative estimate of drug-likeness (QED) is 0.173. The van der Waals surface area contributed by atoms with Crippen LogP contribution in [0.5, 0.6) is 0 Å². The van der Waals surface area contributed by atoms with Crippen molar-refractivity contribution in [3.05, 3.63) is 34.4 Å². The zero-order valence-corrected chi connectivity index (χ0v) is 16.5. The van der Waals surface area contributed by atoms with Crippen LogP contribution in [-0.4, -0.2) is 64.0 Å². The molecule has 0 bridgehead atoms. The Morgan fingerprint density at radius 1 is 1.21 bits per heavy atom. The molecule has 0 amide bonds. The van der Waals surface area contributed by atoms with E-state index >= 15 is 0 Å². The molecule has 1 fully saturated rings. The predicted molar refractivity (Wildman–Crippen MR) is 110 cm³/mol. The van der Waals surface area contributed by atoms with Gasteiger partial charge in [0.25, 0.3) is 5.69 Å². The first-order valence-corrected chi connectivity index (χ1v) is 9.77. The van der Waals surface area contributed by atoms with Gasteiger partial charge in [-0.05, 0) is 37.3 Å². The van der Waals surface area contributed by atoms with Crippen LogP contribution in [0.4, 0.5) is 11.4 Å². The molecule has 156 valence electrons. The van der Waals surface area contributed by atoms with Gasteiger partial charge in [-0.1, -0.05) is 0 Å². The van der Waals surface area contributed by atoms with Gasteiger partial charge < -0.3 is 25.4 Å². The van der Waals surface area contributed by atoms with E-state index in [0.717, 1.165) is 63.9 Å². The minimum absolute atomic E-state index is 0.0880. The van der Waals surface area contributed by atoms with Gasteiger partial charge in [0.2, 0.25) is 0 Å². The van der Waals surface area contributed by atoms with Gasteiger partial charge in [0, 0.05) is 70.9 Å². The van der Waals surface area contributed by atoms with E-state index in [4.69, 9.17) is 9.47 Å². The van der Waals surface area contributed by atoms with Crippen LogP contribution >= 0.6 is 0 Å². The van der Waals surface area contributed by atoms with Crippen LogP contribution in [0.25, 0.3) is 0 Å². The first kappa shape index (κ1) is 21.9. The zero-order chi connectivity index (χ0) is 20.0. The Morgan fingerprint density at radius 2 is 1.93 bits per heavy atom. The molecule has 0 atom stereocenters. The van der Waals surface area contributed by atoms with Gasteiger partial charge >= 0.3 is 0 Å². The van der Waals surface area contributed by atoms with Crippen LogP contribution in [0.3, 0.4) is 0 Å². The molecule has 1 aromatic carbocycles. The third-order valence-electron chi connectivity index (χ3n) is 4.50. The fraction of sp³-hybridized carbons (Fsp3) is 0.632. The van der Waals surface area contributed by atoms with E-state index in [1.54, 1.807) is 19.2 Å². The summed E-state index contributed by atoms with van der Waals surface area (Å²) in [4.78, 5) is 14.4. The minimum Gasteiger partial charge on any atom is -0.383 e. The molecule has 3 N–H and O–H groups in total. The first-order valence-electron chi connectivity index (χ1n) is 9.77. The maximum absolute atomic E-state index is 10.6. The topological polar surface area (TPSA) is 110 Å². The average Bonchev–Trinajstić information content (AvgIpc) is 2.73. The molecule has 28 heavy (non-hydrogen) atoms. The van der Waals surface area contributed by atoms with Crippen LogP contribution in [0.1, 0.15) is 19.3 Å². The highest BCUT2D eigenvalue weighted by atomic mass is 16.6. The molecule has 0 aliphatic carbocycles. The number of anilines is 1. The van der Waals surface area contributed by atoms with E-state index < -0.39 is 4.92 Å². The number of nitrogens with one attached hydrogen (secondary N) is 3. The summed E-state index contributed by atoms with van der Waals surface area (Å²) in [5.74, 6) is 1.38. The van der Waals surface area contributed by atoms with Crippen molar-refractivity contribution in [3.63, 3.8) is 0 Å². The monoisotopic (exact) mass is 393 g/mol. The molecule has 0 radical (unpaired) electrons. The molecule has 9 nitrogen and oxygen atoms in total. The van der Waals surface area contributed by atoms with Crippen LogP contribution in [0.15, 0.2) is 29.3 Å². The Hall–Kier alpha value is -2.39. The highest BCUT2D eigenvalue weighted by Gasteiger charge is 2.13. The molecule has 0 aromatic heterocycles. The highest BCUT2D eigenvalue weighted by Crippen LogP contribution is 2.15. The van der Waals surface area contributed by atoms with Gasteiger partial charge in [-0.15, -0.1) is 0 Å². The molecular weight excluding hydrogens is 362 g/mol. The van der Waals surface area contributed by atoms with Crippen molar-refractivity contribution in [1.82, 2.24) is 10.6 Å². The Morgan fingerprint density at radius 3 is 2.61 bits per heavy atom. The van der Waals surface area contributed by atoms with Crippen molar-refractivity contribution in [2.45, 2.75) is 19.3 Å². The van der Waals surface area contributed by atoms with Crippen molar-refractivity contribution in [3.8, 4) is 0 Å². The summed E-state index contributed by atoms with van der Waals surface area (Å²) in [6.45, 7) is 5.42. The number of nitro groups is 1. The molecule has 1 heterocycles. The van der Waals surface area contributed by atoms with Crippen molar-refractivity contribution >= 4 is 17.3 Å². The second kappa shape index (κ2) is 12.9. The van der Waals surface area contributed by atoms with Gasteiger partial charge in [0.05, 0.1) is 4.92 Å². The standard InChI is InChI=1S/C19H31N5O4/c1-20-19(22-9-2-12-28-15-16-7-13-27-14-8-16)23-11-10-21-17-3-5-18(6-4-17)24(25)26/h3-6,16,21H,2,7-15H2,1H3,(H2,20,22,23). The summed E-state index contributed by atoms with van der Waals surface area (Å²) >= 11 is 0. The molecule has 1 aliphatic heterocycles. The van der Waals surface area contributed by atoms with E-state index in [1.807, 2.05) is 0 Å². The van der Waals surface area contributed by atoms with Crippen LogP contribution < -0.4 is 16.0 Å². The van der Waals surface area contributed by atoms with Crippen molar-refractivity contribution in [1.29, 1.82) is 0 Å². The molecule has 1 saturated heterocycles. The van der Waals surface area contributed by atoms with Crippen LogP contribution in [-0.2, 0) is 9.47 Å². The zero-order valence-electron chi connectivity index (χ0n) is 16.5. The van der Waals surface area contributed by atoms with E-state index in [9.17, 15) is 10.1 Å². The first-order chi connectivity index (χ1) is 13.7. The number of ether oxygens (including phenoxy) is 2. The average molecular weight is 393 g/mol. The lowest BCUT2D eigenvalue weighted by Crippen LogP contribution is -2.40. The maximum Gasteiger partial charge on any atom is 0.269 e. The molecule has 9 heteroatoms. The smallest absolute Gasteiger partial charge is 0.269 e. The van der Waals surface area contributed by atoms with Gasteiger partial charge in [-0.2, -0.15) is 0 Å². The molecule has 0 saturated carbocycles. The van der Waals surface area contributed by atoms with Crippen molar-refractivity contribution in [2.75, 3.05) is 58.4 Å². The largest absolute Gasteiger partial charge is 0.383 e. The fourth-order valence-electron chi connectivity index (χ4n) is 2.85. The van der Waals surface area contributed by atoms with Crippen LogP contribution in [0.2, 0.25) is 0 Å². The van der Waals surface area contributed by atoms with E-state index in [2.05, 4.69) is 20.9 Å². The number of nitro benzene ring substituents is 1. The predicted octanol–water partition coefficient (Wildman–Crippen LogP) is 2.00. The minimum atomic E-state index is -0.406. The molecule has 0 spiro atoms. The number of rotatable bonds is 11. The molecular formula is C19H31N5O4. The van der Waals surface area contributed by atoms with Gasteiger partial charge in [-0.3, -0.25) is 15.1 Å². The number of non-ortho nitro benzene ring substituents is 1. The third kappa shape index (κ3) is 8.53. The normalized spacial score (nSPS) is 15.2. The van der Waals surface area contributed by atoms with Crippen molar-refractivity contribution in [2.24, 2.45) is 10.9 Å². The lowest BCUT2D eigenvalue weighted by molar-refractivity contribution is -0.384. The lowest BCUT2D eigenvalue weighted by Gasteiger charge is -2.21.